The van der Waals surface area contributed by atoms with Crippen molar-refractivity contribution in [3.05, 3.63) is 47.5 Å². The number of benzene rings is 1. The van der Waals surface area contributed by atoms with Crippen LogP contribution in [0.15, 0.2) is 36.4 Å². The van der Waals surface area contributed by atoms with Crippen molar-refractivity contribution in [1.29, 1.82) is 0 Å². The van der Waals surface area contributed by atoms with E-state index in [1.165, 1.54) is 0 Å². The van der Waals surface area contributed by atoms with E-state index >= 15 is 0 Å². The predicted molar refractivity (Wildman–Crippen MR) is 111 cm³/mol. The highest BCUT2D eigenvalue weighted by atomic mass is 16.5. The topological polar surface area (TPSA) is 87.1 Å². The minimum Gasteiger partial charge on any atom is -0.481 e. The van der Waals surface area contributed by atoms with Gasteiger partial charge in [-0.15, -0.1) is 0 Å². The molecule has 0 aromatic heterocycles. The fourth-order valence-electron chi connectivity index (χ4n) is 3.75. The Balaban J connectivity index is 1.79. The molecule has 2 atom stereocenters. The summed E-state index contributed by atoms with van der Waals surface area (Å²) in [4.78, 5) is 24.9. The molecule has 1 fully saturated rings. The van der Waals surface area contributed by atoms with E-state index in [2.05, 4.69) is 0 Å². The molecule has 1 aromatic rings. The first kappa shape index (κ1) is 23.1. The summed E-state index contributed by atoms with van der Waals surface area (Å²) < 4.78 is 5.15. The molecule has 1 aromatic carbocycles. The highest BCUT2D eigenvalue weighted by Crippen LogP contribution is 2.21. The van der Waals surface area contributed by atoms with Crippen LogP contribution in [0.2, 0.25) is 0 Å². The molecule has 0 saturated carbocycles. The fourth-order valence-corrected chi connectivity index (χ4v) is 3.75. The Morgan fingerprint density at radius 2 is 2.00 bits per heavy atom. The molecule has 0 radical (unpaired) electrons. The third-order valence-electron chi connectivity index (χ3n) is 5.20. The van der Waals surface area contributed by atoms with Crippen molar-refractivity contribution < 1.29 is 24.5 Å². The summed E-state index contributed by atoms with van der Waals surface area (Å²) in [6.45, 7) is 1.30. The number of carbonyl (C=O) groups is 2. The molecule has 1 aliphatic rings. The zero-order valence-electron chi connectivity index (χ0n) is 17.3. The van der Waals surface area contributed by atoms with Crippen LogP contribution < -0.4 is 0 Å². The van der Waals surface area contributed by atoms with Crippen LogP contribution >= 0.6 is 0 Å². The summed E-state index contributed by atoms with van der Waals surface area (Å²) in [5.41, 5.74) is 2.13. The second-order valence-electron chi connectivity index (χ2n) is 7.66. The normalized spacial score (nSPS) is 17.7. The fraction of sp³-hybridized carbons (Fsp3) is 0.565. The van der Waals surface area contributed by atoms with E-state index in [0.29, 0.717) is 25.9 Å². The standard InChI is InChI=1S/C23H33NO5/c1-29-17-19-8-5-7-18(15-19)16-21(25)13-12-20-9-6-14-24(20)22(26)10-3-2-4-11-23(27)28/h5,7-8,12-13,15,20-21,25H,2-4,6,9-11,14,16-17H2,1H3,(H,27,28)/b13-12+/t20-,21-/m1/s1. The number of methoxy groups -OCH3 is 1. The molecule has 0 bridgehead atoms. The van der Waals surface area contributed by atoms with Gasteiger partial charge in [0.25, 0.3) is 0 Å². The minimum absolute atomic E-state index is 0.0380. The number of aliphatic hydroxyl groups excluding tert-OH is 1. The monoisotopic (exact) mass is 403 g/mol. The Morgan fingerprint density at radius 1 is 1.24 bits per heavy atom. The zero-order chi connectivity index (χ0) is 21.1. The number of likely N-dealkylation sites (tertiary alicyclic amines) is 1. The van der Waals surface area contributed by atoms with E-state index in [1.54, 1.807) is 13.2 Å². The molecule has 2 rings (SSSR count). The number of unbranched alkanes of at least 4 members (excludes halogenated alkanes) is 2. The molecule has 1 saturated heterocycles. The number of nitrogens with zero attached hydrogens (tertiary/aromatic N) is 1. The van der Waals surface area contributed by atoms with Crippen LogP contribution in [-0.2, 0) is 27.4 Å². The maximum Gasteiger partial charge on any atom is 0.303 e. The molecule has 2 N–H and O–H groups in total. The number of aliphatic carboxylic acids is 1. The quantitative estimate of drug-likeness (QED) is 0.413. The molecule has 6 nitrogen and oxygen atoms in total. The van der Waals surface area contributed by atoms with Crippen LogP contribution in [0.4, 0.5) is 0 Å². The third kappa shape index (κ3) is 8.38. The number of hydrogen-bond donors (Lipinski definition) is 2. The van der Waals surface area contributed by atoms with Crippen molar-refractivity contribution >= 4 is 11.9 Å². The number of carboxylic acids is 1. The van der Waals surface area contributed by atoms with E-state index in [0.717, 1.165) is 43.4 Å². The Hall–Kier alpha value is -2.18. The van der Waals surface area contributed by atoms with E-state index in [9.17, 15) is 14.7 Å². The molecule has 0 unspecified atom stereocenters. The van der Waals surface area contributed by atoms with E-state index < -0.39 is 12.1 Å². The molecular weight excluding hydrogens is 370 g/mol. The molecule has 1 amide bonds. The molecular formula is C23H33NO5. The summed E-state index contributed by atoms with van der Waals surface area (Å²) in [5.74, 6) is -0.667. The predicted octanol–water partition coefficient (Wildman–Crippen LogP) is 3.32. The number of aliphatic hydroxyl groups is 1. The number of rotatable bonds is 12. The van der Waals surface area contributed by atoms with Crippen molar-refractivity contribution in [3.8, 4) is 0 Å². The summed E-state index contributed by atoms with van der Waals surface area (Å²) >= 11 is 0. The number of carbonyl (C=O) groups excluding carboxylic acids is 1. The van der Waals surface area contributed by atoms with Crippen LogP contribution in [0.5, 0.6) is 0 Å². The van der Waals surface area contributed by atoms with Crippen molar-refractivity contribution in [2.75, 3.05) is 13.7 Å². The Kier molecular flexibility index (Phi) is 9.88. The first-order valence-electron chi connectivity index (χ1n) is 10.4. The van der Waals surface area contributed by atoms with E-state index in [-0.39, 0.29) is 18.4 Å². The van der Waals surface area contributed by atoms with Gasteiger partial charge in [-0.1, -0.05) is 42.8 Å². The average molecular weight is 404 g/mol. The molecule has 0 spiro atoms. The van der Waals surface area contributed by atoms with Crippen molar-refractivity contribution in [2.45, 2.75) is 70.1 Å². The Morgan fingerprint density at radius 3 is 2.76 bits per heavy atom. The number of hydrogen-bond acceptors (Lipinski definition) is 4. The van der Waals surface area contributed by atoms with Crippen molar-refractivity contribution in [3.63, 3.8) is 0 Å². The number of carboxylic acid groups (broad SMARTS) is 1. The van der Waals surface area contributed by atoms with Crippen LogP contribution in [0.3, 0.4) is 0 Å². The maximum atomic E-state index is 12.5. The summed E-state index contributed by atoms with van der Waals surface area (Å²) in [5, 5.41) is 19.0. The summed E-state index contributed by atoms with van der Waals surface area (Å²) in [7, 11) is 1.66. The highest BCUT2D eigenvalue weighted by molar-refractivity contribution is 5.77. The number of ether oxygens (including phenoxy) is 1. The van der Waals surface area contributed by atoms with Crippen molar-refractivity contribution in [1.82, 2.24) is 4.90 Å². The molecule has 160 valence electrons. The average Bonchev–Trinajstić information content (AvgIpc) is 3.15. The van der Waals surface area contributed by atoms with Crippen LogP contribution in [0, 0.1) is 0 Å². The SMILES string of the molecule is COCc1cccc(C[C@H](O)/C=C/[C@H]2CCCN2C(=O)CCCCCC(=O)O)c1. The maximum absolute atomic E-state index is 12.5. The lowest BCUT2D eigenvalue weighted by molar-refractivity contribution is -0.137. The van der Waals surface area contributed by atoms with Gasteiger partial charge < -0.3 is 19.8 Å². The van der Waals surface area contributed by atoms with Gasteiger partial charge in [0, 0.05) is 32.9 Å². The summed E-state index contributed by atoms with van der Waals surface area (Å²) in [6.07, 6.45) is 8.28. The zero-order valence-corrected chi connectivity index (χ0v) is 17.3. The first-order chi connectivity index (χ1) is 14.0. The van der Waals surface area contributed by atoms with Gasteiger partial charge in [0.2, 0.25) is 5.91 Å². The van der Waals surface area contributed by atoms with Gasteiger partial charge in [-0.05, 0) is 36.8 Å². The van der Waals surface area contributed by atoms with Gasteiger partial charge in [-0.2, -0.15) is 0 Å². The van der Waals surface area contributed by atoms with E-state index in [4.69, 9.17) is 9.84 Å². The van der Waals surface area contributed by atoms with Crippen molar-refractivity contribution in [2.24, 2.45) is 0 Å². The van der Waals surface area contributed by atoms with Gasteiger partial charge in [-0.3, -0.25) is 9.59 Å². The third-order valence-corrected chi connectivity index (χ3v) is 5.20. The second-order valence-corrected chi connectivity index (χ2v) is 7.66. The van der Waals surface area contributed by atoms with Crippen LogP contribution in [-0.4, -0.2) is 52.8 Å². The Bertz CT molecular complexity index is 688. The first-order valence-corrected chi connectivity index (χ1v) is 10.4. The summed E-state index contributed by atoms with van der Waals surface area (Å²) in [6, 6.07) is 8.03. The van der Waals surface area contributed by atoms with Gasteiger partial charge >= 0.3 is 5.97 Å². The smallest absolute Gasteiger partial charge is 0.303 e. The molecule has 1 heterocycles. The molecule has 0 aliphatic carbocycles. The van der Waals surface area contributed by atoms with Crippen LogP contribution in [0.25, 0.3) is 0 Å². The van der Waals surface area contributed by atoms with Gasteiger partial charge in [0.15, 0.2) is 0 Å². The molecule has 29 heavy (non-hydrogen) atoms. The lowest BCUT2D eigenvalue weighted by atomic mass is 10.0. The van der Waals surface area contributed by atoms with Gasteiger partial charge in [-0.25, -0.2) is 0 Å². The largest absolute Gasteiger partial charge is 0.481 e. The molecule has 6 heteroatoms. The van der Waals surface area contributed by atoms with Crippen LogP contribution in [0.1, 0.15) is 56.1 Å². The highest BCUT2D eigenvalue weighted by Gasteiger charge is 2.26. The Labute approximate surface area is 173 Å². The lowest BCUT2D eigenvalue weighted by Crippen LogP contribution is -2.34. The van der Waals surface area contributed by atoms with Gasteiger partial charge in [0.1, 0.15) is 0 Å². The lowest BCUT2D eigenvalue weighted by Gasteiger charge is -2.22. The molecule has 1 aliphatic heterocycles. The number of amides is 1. The van der Waals surface area contributed by atoms with E-state index in [1.807, 2.05) is 35.2 Å². The van der Waals surface area contributed by atoms with Gasteiger partial charge in [0.05, 0.1) is 18.8 Å². The minimum atomic E-state index is -0.787. The second kappa shape index (κ2) is 12.4.